The molecular formula is C8H13BrO2. The van der Waals surface area contributed by atoms with Crippen LogP contribution in [0.4, 0.5) is 0 Å². The third kappa shape index (κ3) is 2.93. The second-order valence-electron chi connectivity index (χ2n) is 2.91. The molecule has 1 aliphatic heterocycles. The molecule has 0 aromatic heterocycles. The first kappa shape index (κ1) is 9.23. The molecule has 0 spiro atoms. The summed E-state index contributed by atoms with van der Waals surface area (Å²) in [5.41, 5.74) is 0. The Bertz CT molecular complexity index is 154. The van der Waals surface area contributed by atoms with Gasteiger partial charge in [-0.15, -0.1) is 0 Å². The zero-order valence-electron chi connectivity index (χ0n) is 6.84. The lowest BCUT2D eigenvalue weighted by atomic mass is 10.2. The molecule has 0 radical (unpaired) electrons. The van der Waals surface area contributed by atoms with E-state index in [9.17, 15) is 0 Å². The van der Waals surface area contributed by atoms with Crippen LogP contribution in [0.15, 0.2) is 10.6 Å². The highest BCUT2D eigenvalue weighted by Crippen LogP contribution is 2.16. The first-order chi connectivity index (χ1) is 5.20. The minimum Gasteiger partial charge on any atom is -0.348 e. The summed E-state index contributed by atoms with van der Waals surface area (Å²) < 4.78 is 11.9. The molecule has 1 unspecified atom stereocenters. The van der Waals surface area contributed by atoms with Gasteiger partial charge in [-0.1, -0.05) is 29.8 Å². The van der Waals surface area contributed by atoms with Crippen LogP contribution in [0, 0.1) is 5.92 Å². The summed E-state index contributed by atoms with van der Waals surface area (Å²) in [6, 6.07) is 0. The highest BCUT2D eigenvalue weighted by molar-refractivity contribution is 9.11. The molecular weight excluding hydrogens is 208 g/mol. The third-order valence-electron chi connectivity index (χ3n) is 1.50. The van der Waals surface area contributed by atoms with Crippen molar-refractivity contribution in [3.63, 3.8) is 0 Å². The number of halogens is 1. The van der Waals surface area contributed by atoms with E-state index in [4.69, 9.17) is 9.47 Å². The summed E-state index contributed by atoms with van der Waals surface area (Å²) in [6.07, 6.45) is 1.93. The predicted molar refractivity (Wildman–Crippen MR) is 47.5 cm³/mol. The van der Waals surface area contributed by atoms with E-state index < -0.39 is 0 Å². The topological polar surface area (TPSA) is 18.5 Å². The van der Waals surface area contributed by atoms with Crippen LogP contribution in [0.1, 0.15) is 13.8 Å². The molecule has 0 saturated heterocycles. The van der Waals surface area contributed by atoms with Gasteiger partial charge in [-0.3, -0.25) is 0 Å². The molecule has 64 valence electrons. The van der Waals surface area contributed by atoms with Crippen LogP contribution < -0.4 is 0 Å². The quantitative estimate of drug-likeness (QED) is 0.676. The second kappa shape index (κ2) is 4.24. The van der Waals surface area contributed by atoms with Crippen molar-refractivity contribution in [3.05, 3.63) is 10.6 Å². The van der Waals surface area contributed by atoms with Gasteiger partial charge in [-0.2, -0.15) is 0 Å². The summed E-state index contributed by atoms with van der Waals surface area (Å²) in [7, 11) is 0. The molecule has 0 saturated carbocycles. The maximum atomic E-state index is 5.44. The van der Waals surface area contributed by atoms with E-state index in [0.717, 1.165) is 4.48 Å². The average molecular weight is 221 g/mol. The lowest BCUT2D eigenvalue weighted by Crippen LogP contribution is -2.22. The van der Waals surface area contributed by atoms with E-state index in [1.165, 1.54) is 0 Å². The minimum atomic E-state index is -0.0544. The molecule has 0 fully saturated rings. The Morgan fingerprint density at radius 3 is 2.91 bits per heavy atom. The van der Waals surface area contributed by atoms with Gasteiger partial charge in [0.2, 0.25) is 0 Å². The van der Waals surface area contributed by atoms with Crippen LogP contribution in [0.25, 0.3) is 0 Å². The Kier molecular flexibility index (Phi) is 3.55. The Hall–Kier alpha value is 0.140. The Labute approximate surface area is 75.7 Å². The third-order valence-corrected chi connectivity index (χ3v) is 2.05. The van der Waals surface area contributed by atoms with Crippen molar-refractivity contribution >= 4 is 15.9 Å². The van der Waals surface area contributed by atoms with Crippen molar-refractivity contribution in [2.45, 2.75) is 20.1 Å². The summed E-state index contributed by atoms with van der Waals surface area (Å²) in [5.74, 6) is 0.418. The maximum Gasteiger partial charge on any atom is 0.160 e. The van der Waals surface area contributed by atoms with Crippen molar-refractivity contribution < 1.29 is 9.47 Å². The fourth-order valence-electron chi connectivity index (χ4n) is 0.887. The zero-order chi connectivity index (χ0) is 8.27. The van der Waals surface area contributed by atoms with Gasteiger partial charge in [0.15, 0.2) is 6.29 Å². The van der Waals surface area contributed by atoms with E-state index in [1.54, 1.807) is 0 Å². The fraction of sp³-hybridized carbons (Fsp3) is 0.750. The van der Waals surface area contributed by atoms with Crippen LogP contribution in [0.5, 0.6) is 0 Å². The molecule has 1 aliphatic rings. The molecule has 0 aromatic carbocycles. The Morgan fingerprint density at radius 1 is 1.55 bits per heavy atom. The van der Waals surface area contributed by atoms with Crippen LogP contribution in [-0.2, 0) is 9.47 Å². The largest absolute Gasteiger partial charge is 0.348 e. The van der Waals surface area contributed by atoms with Crippen molar-refractivity contribution in [2.24, 2.45) is 5.92 Å². The molecule has 2 nitrogen and oxygen atoms in total. The normalized spacial score (nSPS) is 26.5. The van der Waals surface area contributed by atoms with Crippen molar-refractivity contribution in [1.29, 1.82) is 0 Å². The molecule has 0 amide bonds. The molecule has 0 N–H and O–H groups in total. The first-order valence-electron chi connectivity index (χ1n) is 3.78. The molecule has 1 rings (SSSR count). The van der Waals surface area contributed by atoms with Gasteiger partial charge in [0.1, 0.15) is 0 Å². The van der Waals surface area contributed by atoms with Gasteiger partial charge in [0, 0.05) is 10.4 Å². The van der Waals surface area contributed by atoms with Crippen LogP contribution in [0.2, 0.25) is 0 Å². The molecule has 1 atom stereocenters. The van der Waals surface area contributed by atoms with E-state index in [-0.39, 0.29) is 6.29 Å². The zero-order valence-corrected chi connectivity index (χ0v) is 8.43. The van der Waals surface area contributed by atoms with Crippen molar-refractivity contribution in [3.8, 4) is 0 Å². The lowest BCUT2D eigenvalue weighted by Gasteiger charge is -2.18. The van der Waals surface area contributed by atoms with Crippen LogP contribution >= 0.6 is 15.9 Å². The van der Waals surface area contributed by atoms with Crippen LogP contribution in [-0.4, -0.2) is 19.5 Å². The van der Waals surface area contributed by atoms with Crippen molar-refractivity contribution in [1.82, 2.24) is 0 Å². The monoisotopic (exact) mass is 220 g/mol. The SMILES string of the molecule is CC(C)C1OCC=C(Br)CO1. The number of rotatable bonds is 1. The lowest BCUT2D eigenvalue weighted by molar-refractivity contribution is -0.147. The summed E-state index contributed by atoms with van der Waals surface area (Å²) >= 11 is 3.37. The average Bonchev–Trinajstić information content (AvgIpc) is 2.13. The van der Waals surface area contributed by atoms with E-state index in [1.807, 2.05) is 6.08 Å². The predicted octanol–water partition coefficient (Wildman–Crippen LogP) is 2.29. The molecule has 3 heteroatoms. The maximum absolute atomic E-state index is 5.44. The van der Waals surface area contributed by atoms with Gasteiger partial charge in [0.25, 0.3) is 0 Å². The highest BCUT2D eigenvalue weighted by Gasteiger charge is 2.16. The van der Waals surface area contributed by atoms with E-state index in [2.05, 4.69) is 29.8 Å². The smallest absolute Gasteiger partial charge is 0.160 e. The fourth-order valence-corrected chi connectivity index (χ4v) is 1.15. The van der Waals surface area contributed by atoms with Gasteiger partial charge in [-0.25, -0.2) is 0 Å². The standard InChI is InChI=1S/C8H13BrO2/c1-6(2)8-10-4-3-7(9)5-11-8/h3,6,8H,4-5H2,1-2H3. The summed E-state index contributed by atoms with van der Waals surface area (Å²) in [4.78, 5) is 0. The Balaban J connectivity index is 2.41. The van der Waals surface area contributed by atoms with Gasteiger partial charge >= 0.3 is 0 Å². The number of ether oxygens (including phenoxy) is 2. The highest BCUT2D eigenvalue weighted by atomic mass is 79.9. The molecule has 11 heavy (non-hydrogen) atoms. The van der Waals surface area contributed by atoms with Gasteiger partial charge in [0.05, 0.1) is 13.2 Å². The van der Waals surface area contributed by atoms with Crippen molar-refractivity contribution in [2.75, 3.05) is 13.2 Å². The van der Waals surface area contributed by atoms with Crippen LogP contribution in [0.3, 0.4) is 0 Å². The number of hydrogen-bond donors (Lipinski definition) is 0. The molecule has 0 aliphatic carbocycles. The summed E-state index contributed by atoms with van der Waals surface area (Å²) in [5, 5.41) is 0. The Morgan fingerprint density at radius 2 is 2.27 bits per heavy atom. The molecule has 0 aromatic rings. The molecule has 0 bridgehead atoms. The first-order valence-corrected chi connectivity index (χ1v) is 4.57. The minimum absolute atomic E-state index is 0.0544. The second-order valence-corrected chi connectivity index (χ2v) is 3.93. The summed E-state index contributed by atoms with van der Waals surface area (Å²) in [6.45, 7) is 5.44. The van der Waals surface area contributed by atoms with Gasteiger partial charge < -0.3 is 9.47 Å². The molecule has 1 heterocycles. The van der Waals surface area contributed by atoms with Gasteiger partial charge in [-0.05, 0) is 6.08 Å². The van der Waals surface area contributed by atoms with E-state index in [0.29, 0.717) is 19.1 Å². The number of hydrogen-bond acceptors (Lipinski definition) is 2. The van der Waals surface area contributed by atoms with E-state index >= 15 is 0 Å².